The standard InChI is InChI=1S/C41H26N4O2/c46-35-18-9-19-36-38(35)39-37(47-36)21-20-33(43-39)34-25-45(41(44-34)32-17-7-14-28-24-42-23-22-29(28)32)40-30(26-10-3-1-4-11-26)15-8-16-31(40)27-12-5-2-6-13-27/h1-25,46H. The number of rotatable bonds is 5. The van der Waals surface area contributed by atoms with Crippen LogP contribution in [0.5, 0.6) is 5.75 Å². The zero-order valence-corrected chi connectivity index (χ0v) is 25.1. The van der Waals surface area contributed by atoms with Crippen molar-refractivity contribution < 1.29 is 9.52 Å². The molecule has 0 fully saturated rings. The highest BCUT2D eigenvalue weighted by atomic mass is 16.3. The lowest BCUT2D eigenvalue weighted by atomic mass is 9.95. The summed E-state index contributed by atoms with van der Waals surface area (Å²) in [6.07, 6.45) is 5.77. The second-order valence-corrected chi connectivity index (χ2v) is 11.5. The van der Waals surface area contributed by atoms with Gasteiger partial charge in [-0.25, -0.2) is 9.97 Å². The van der Waals surface area contributed by atoms with Gasteiger partial charge in [0, 0.05) is 40.7 Å². The van der Waals surface area contributed by atoms with Gasteiger partial charge in [-0.3, -0.25) is 9.55 Å². The number of fused-ring (bicyclic) bond motifs is 4. The zero-order chi connectivity index (χ0) is 31.3. The molecule has 6 heteroatoms. The maximum absolute atomic E-state index is 10.7. The van der Waals surface area contributed by atoms with E-state index in [2.05, 4.69) is 94.6 Å². The molecule has 0 amide bonds. The summed E-state index contributed by atoms with van der Waals surface area (Å²) < 4.78 is 8.22. The Morgan fingerprint density at radius 1 is 0.574 bits per heavy atom. The molecule has 0 unspecified atom stereocenters. The van der Waals surface area contributed by atoms with Crippen molar-refractivity contribution in [3.05, 3.63) is 152 Å². The number of phenolic OH excluding ortho intramolecular Hbond substituents is 1. The van der Waals surface area contributed by atoms with Crippen LogP contribution in [0.15, 0.2) is 156 Å². The van der Waals surface area contributed by atoms with E-state index in [0.29, 0.717) is 33.5 Å². The van der Waals surface area contributed by atoms with Gasteiger partial charge in [0.05, 0.1) is 16.8 Å². The average molecular weight is 607 g/mol. The lowest BCUT2D eigenvalue weighted by Gasteiger charge is -2.19. The zero-order valence-electron chi connectivity index (χ0n) is 25.1. The fourth-order valence-corrected chi connectivity index (χ4v) is 6.50. The molecule has 5 aromatic carbocycles. The minimum atomic E-state index is 0.130. The Morgan fingerprint density at radius 2 is 1.28 bits per heavy atom. The lowest BCUT2D eigenvalue weighted by molar-refractivity contribution is 0.481. The lowest BCUT2D eigenvalue weighted by Crippen LogP contribution is -2.02. The van der Waals surface area contributed by atoms with E-state index in [1.807, 2.05) is 54.9 Å². The van der Waals surface area contributed by atoms with Gasteiger partial charge in [-0.2, -0.15) is 0 Å². The quantitative estimate of drug-likeness (QED) is 0.211. The summed E-state index contributed by atoms with van der Waals surface area (Å²) in [7, 11) is 0. The van der Waals surface area contributed by atoms with Crippen LogP contribution < -0.4 is 0 Å². The van der Waals surface area contributed by atoms with Crippen LogP contribution >= 0.6 is 0 Å². The number of nitrogens with zero attached hydrogens (tertiary/aromatic N) is 4. The van der Waals surface area contributed by atoms with Crippen molar-refractivity contribution in [1.29, 1.82) is 0 Å². The summed E-state index contributed by atoms with van der Waals surface area (Å²) in [5, 5.41) is 13.4. The Bertz CT molecular complexity index is 2520. The first-order chi connectivity index (χ1) is 23.2. The SMILES string of the molecule is Oc1cccc2oc3ccc(-c4cn(-c5c(-c6ccccc6)cccc5-c5ccccc5)c(-c5cccc6cnccc56)n4)nc3c12. The van der Waals surface area contributed by atoms with Gasteiger partial charge in [-0.15, -0.1) is 0 Å². The summed E-state index contributed by atoms with van der Waals surface area (Å²) in [6.45, 7) is 0. The van der Waals surface area contributed by atoms with Gasteiger partial charge in [-0.1, -0.05) is 103 Å². The first-order valence-corrected chi connectivity index (χ1v) is 15.4. The van der Waals surface area contributed by atoms with E-state index < -0.39 is 0 Å². The molecule has 9 rings (SSSR count). The third-order valence-corrected chi connectivity index (χ3v) is 8.66. The van der Waals surface area contributed by atoms with Gasteiger partial charge >= 0.3 is 0 Å². The summed E-state index contributed by atoms with van der Waals surface area (Å²) in [6, 6.07) is 44.7. The third kappa shape index (κ3) is 4.46. The fraction of sp³-hybridized carbons (Fsp3) is 0. The number of imidazole rings is 1. The Hall–Kier alpha value is -6.53. The Balaban J connectivity index is 1.37. The van der Waals surface area contributed by atoms with Crippen molar-refractivity contribution in [2.45, 2.75) is 0 Å². The Morgan fingerprint density at radius 3 is 2.04 bits per heavy atom. The molecule has 4 aromatic heterocycles. The molecular weight excluding hydrogens is 580 g/mol. The minimum Gasteiger partial charge on any atom is -0.507 e. The Labute approximate surface area is 269 Å². The molecule has 0 aliphatic heterocycles. The molecule has 0 spiro atoms. The Kier molecular flexibility index (Phi) is 6.18. The topological polar surface area (TPSA) is 77.0 Å². The van der Waals surface area contributed by atoms with E-state index in [1.54, 1.807) is 12.1 Å². The van der Waals surface area contributed by atoms with E-state index in [0.717, 1.165) is 50.1 Å². The molecule has 1 N–H and O–H groups in total. The number of phenols is 1. The molecular formula is C41H26N4O2. The summed E-state index contributed by atoms with van der Waals surface area (Å²) >= 11 is 0. The summed E-state index contributed by atoms with van der Waals surface area (Å²) in [5.74, 6) is 0.907. The molecule has 6 nitrogen and oxygen atoms in total. The summed E-state index contributed by atoms with van der Waals surface area (Å²) in [5.41, 5.74) is 9.49. The van der Waals surface area contributed by atoms with Crippen LogP contribution in [0, 0.1) is 0 Å². The van der Waals surface area contributed by atoms with Gasteiger partial charge in [-0.05, 0) is 46.8 Å². The van der Waals surface area contributed by atoms with Gasteiger partial charge in [0.25, 0.3) is 0 Å². The van der Waals surface area contributed by atoms with Crippen molar-refractivity contribution in [3.63, 3.8) is 0 Å². The molecule has 0 radical (unpaired) electrons. The van der Waals surface area contributed by atoms with Crippen molar-refractivity contribution in [2.24, 2.45) is 0 Å². The van der Waals surface area contributed by atoms with Crippen molar-refractivity contribution in [2.75, 3.05) is 0 Å². The van der Waals surface area contributed by atoms with E-state index in [-0.39, 0.29) is 5.75 Å². The average Bonchev–Trinajstić information content (AvgIpc) is 3.74. The van der Waals surface area contributed by atoms with E-state index >= 15 is 0 Å². The minimum absolute atomic E-state index is 0.130. The number of benzene rings is 5. The first-order valence-electron chi connectivity index (χ1n) is 15.4. The second-order valence-electron chi connectivity index (χ2n) is 11.5. The molecule has 4 heterocycles. The van der Waals surface area contributed by atoms with Crippen molar-refractivity contribution >= 4 is 32.8 Å². The van der Waals surface area contributed by atoms with Crippen LogP contribution in [0.1, 0.15) is 0 Å². The highest BCUT2D eigenvalue weighted by molar-refractivity contribution is 6.06. The number of para-hydroxylation sites is 1. The first kappa shape index (κ1) is 26.8. The molecule has 0 atom stereocenters. The van der Waals surface area contributed by atoms with Crippen LogP contribution in [0.25, 0.3) is 83.6 Å². The second kappa shape index (κ2) is 10.8. The molecule has 0 saturated heterocycles. The monoisotopic (exact) mass is 606 g/mol. The molecule has 0 bridgehead atoms. The third-order valence-electron chi connectivity index (χ3n) is 8.66. The van der Waals surface area contributed by atoms with E-state index in [1.165, 1.54) is 0 Å². The molecule has 0 aliphatic carbocycles. The molecule has 0 aliphatic rings. The van der Waals surface area contributed by atoms with E-state index in [9.17, 15) is 5.11 Å². The molecule has 9 aromatic rings. The normalized spacial score (nSPS) is 11.5. The predicted molar refractivity (Wildman–Crippen MR) is 187 cm³/mol. The smallest absolute Gasteiger partial charge is 0.154 e. The fourth-order valence-electron chi connectivity index (χ4n) is 6.50. The number of pyridine rings is 2. The summed E-state index contributed by atoms with van der Waals surface area (Å²) in [4.78, 5) is 14.7. The number of hydrogen-bond acceptors (Lipinski definition) is 5. The van der Waals surface area contributed by atoms with Crippen LogP contribution in [-0.2, 0) is 0 Å². The number of aromatic hydroxyl groups is 1. The van der Waals surface area contributed by atoms with Gasteiger partial charge in [0.15, 0.2) is 5.58 Å². The predicted octanol–water partition coefficient (Wildman–Crippen LogP) is 10.1. The van der Waals surface area contributed by atoms with Crippen LogP contribution in [0.3, 0.4) is 0 Å². The highest BCUT2D eigenvalue weighted by Gasteiger charge is 2.22. The molecule has 0 saturated carbocycles. The van der Waals surface area contributed by atoms with Gasteiger partial charge in [0.2, 0.25) is 0 Å². The van der Waals surface area contributed by atoms with Crippen LogP contribution in [-0.4, -0.2) is 24.6 Å². The number of hydrogen-bond donors (Lipinski definition) is 1. The maximum atomic E-state index is 10.7. The number of furan rings is 1. The largest absolute Gasteiger partial charge is 0.507 e. The highest BCUT2D eigenvalue weighted by Crippen LogP contribution is 2.41. The van der Waals surface area contributed by atoms with Gasteiger partial charge < -0.3 is 9.52 Å². The van der Waals surface area contributed by atoms with Gasteiger partial charge in [0.1, 0.15) is 28.4 Å². The van der Waals surface area contributed by atoms with E-state index in [4.69, 9.17) is 14.4 Å². The maximum Gasteiger partial charge on any atom is 0.154 e. The molecule has 222 valence electrons. The number of aromatic nitrogens is 4. The van der Waals surface area contributed by atoms with Crippen LogP contribution in [0.4, 0.5) is 0 Å². The van der Waals surface area contributed by atoms with Crippen molar-refractivity contribution in [3.8, 4) is 56.5 Å². The van der Waals surface area contributed by atoms with Crippen LogP contribution in [0.2, 0.25) is 0 Å². The van der Waals surface area contributed by atoms with Crippen molar-refractivity contribution in [1.82, 2.24) is 19.5 Å². The molecule has 47 heavy (non-hydrogen) atoms.